The van der Waals surface area contributed by atoms with Crippen molar-refractivity contribution in [3.05, 3.63) is 54.6 Å². The van der Waals surface area contributed by atoms with Crippen molar-refractivity contribution >= 4 is 11.6 Å². The lowest BCUT2D eigenvalue weighted by Gasteiger charge is -2.12. The van der Waals surface area contributed by atoms with Crippen LogP contribution in [0.2, 0.25) is 0 Å². The average Bonchev–Trinajstić information content (AvgIpc) is 2.53. The predicted octanol–water partition coefficient (Wildman–Crippen LogP) is 2.04. The van der Waals surface area contributed by atoms with Crippen LogP contribution < -0.4 is 20.5 Å². The summed E-state index contributed by atoms with van der Waals surface area (Å²) in [7, 11) is 0. The largest absolute Gasteiger partial charge is 0.490 e. The van der Waals surface area contributed by atoms with Crippen LogP contribution in [0.15, 0.2) is 54.6 Å². The summed E-state index contributed by atoms with van der Waals surface area (Å²) >= 11 is 0. The Hall–Kier alpha value is -2.53. The fourth-order valence-corrected chi connectivity index (χ4v) is 1.72. The van der Waals surface area contributed by atoms with E-state index in [1.54, 1.807) is 24.3 Å². The lowest BCUT2D eigenvalue weighted by Crippen LogP contribution is -2.21. The molecular formula is C16H18N2O3. The van der Waals surface area contributed by atoms with Crippen molar-refractivity contribution in [2.75, 3.05) is 25.1 Å². The first-order chi connectivity index (χ1) is 10.3. The van der Waals surface area contributed by atoms with E-state index in [2.05, 4.69) is 5.32 Å². The Morgan fingerprint density at radius 3 is 2.48 bits per heavy atom. The van der Waals surface area contributed by atoms with Gasteiger partial charge in [-0.25, -0.2) is 0 Å². The first kappa shape index (κ1) is 14.9. The number of benzene rings is 2. The zero-order valence-electron chi connectivity index (χ0n) is 11.6. The van der Waals surface area contributed by atoms with E-state index in [1.165, 1.54) is 0 Å². The van der Waals surface area contributed by atoms with Crippen LogP contribution in [0.1, 0.15) is 0 Å². The van der Waals surface area contributed by atoms with E-state index in [9.17, 15) is 4.79 Å². The predicted molar refractivity (Wildman–Crippen MR) is 81.6 cm³/mol. The molecule has 110 valence electrons. The van der Waals surface area contributed by atoms with Gasteiger partial charge in [0, 0.05) is 6.54 Å². The third-order valence-electron chi connectivity index (χ3n) is 2.65. The number of carbonyl (C=O) groups excluding carboxylic acids is 1. The maximum atomic E-state index is 11.9. The summed E-state index contributed by atoms with van der Waals surface area (Å²) in [5.74, 6) is 0.999. The van der Waals surface area contributed by atoms with Gasteiger partial charge in [-0.05, 0) is 24.3 Å². The van der Waals surface area contributed by atoms with Gasteiger partial charge >= 0.3 is 0 Å². The minimum Gasteiger partial charge on any atom is -0.490 e. The minimum atomic E-state index is -0.248. The van der Waals surface area contributed by atoms with Gasteiger partial charge in [-0.2, -0.15) is 0 Å². The molecule has 2 aromatic carbocycles. The quantitative estimate of drug-likeness (QED) is 0.817. The van der Waals surface area contributed by atoms with E-state index >= 15 is 0 Å². The molecule has 0 atom stereocenters. The average molecular weight is 286 g/mol. The zero-order valence-corrected chi connectivity index (χ0v) is 11.6. The monoisotopic (exact) mass is 286 g/mol. The van der Waals surface area contributed by atoms with Crippen molar-refractivity contribution < 1.29 is 14.3 Å². The molecule has 0 aliphatic heterocycles. The zero-order chi connectivity index (χ0) is 14.9. The van der Waals surface area contributed by atoms with Crippen LogP contribution >= 0.6 is 0 Å². The molecule has 2 aromatic rings. The van der Waals surface area contributed by atoms with Crippen LogP contribution in [-0.2, 0) is 4.79 Å². The minimum absolute atomic E-state index is 0.0603. The van der Waals surface area contributed by atoms with Gasteiger partial charge in [0.05, 0.1) is 5.69 Å². The lowest BCUT2D eigenvalue weighted by atomic mass is 10.3. The third kappa shape index (κ3) is 4.81. The second kappa shape index (κ2) is 7.91. The molecule has 0 saturated heterocycles. The maximum Gasteiger partial charge on any atom is 0.262 e. The van der Waals surface area contributed by atoms with E-state index < -0.39 is 0 Å². The molecule has 0 aliphatic carbocycles. The number of nitrogens with one attached hydrogen (secondary N) is 1. The summed E-state index contributed by atoms with van der Waals surface area (Å²) in [5.41, 5.74) is 6.01. The highest BCUT2D eigenvalue weighted by Crippen LogP contribution is 2.23. The van der Waals surface area contributed by atoms with Crippen LogP contribution in [-0.4, -0.2) is 25.7 Å². The first-order valence-electron chi connectivity index (χ1n) is 6.69. The fraction of sp³-hybridized carbons (Fsp3) is 0.188. The van der Waals surface area contributed by atoms with Crippen LogP contribution in [0.3, 0.4) is 0 Å². The lowest BCUT2D eigenvalue weighted by molar-refractivity contribution is -0.118. The molecule has 0 aromatic heterocycles. The number of carbonyl (C=O) groups is 1. The molecule has 3 N–H and O–H groups in total. The summed E-state index contributed by atoms with van der Waals surface area (Å²) in [4.78, 5) is 11.9. The Bertz CT molecular complexity index is 573. The number of ether oxygens (including phenoxy) is 2. The Morgan fingerprint density at radius 1 is 1.00 bits per heavy atom. The molecular weight excluding hydrogens is 268 g/mol. The number of anilines is 1. The van der Waals surface area contributed by atoms with Gasteiger partial charge in [0.1, 0.15) is 18.1 Å². The van der Waals surface area contributed by atoms with Crippen molar-refractivity contribution in [3.63, 3.8) is 0 Å². The van der Waals surface area contributed by atoms with Gasteiger partial charge in [0.25, 0.3) is 5.91 Å². The van der Waals surface area contributed by atoms with E-state index in [1.807, 2.05) is 30.3 Å². The van der Waals surface area contributed by atoms with Crippen molar-refractivity contribution in [1.82, 2.24) is 0 Å². The van der Waals surface area contributed by atoms with Crippen LogP contribution in [0.4, 0.5) is 5.69 Å². The van der Waals surface area contributed by atoms with Gasteiger partial charge in [-0.1, -0.05) is 30.3 Å². The Labute approximate surface area is 123 Å². The number of amides is 1. The highest BCUT2D eigenvalue weighted by molar-refractivity contribution is 5.93. The smallest absolute Gasteiger partial charge is 0.262 e. The van der Waals surface area contributed by atoms with E-state index in [-0.39, 0.29) is 12.5 Å². The molecule has 0 saturated carbocycles. The standard InChI is InChI=1S/C16H18N2O3/c17-10-11-20-15-9-5-4-8-14(15)18-16(19)12-21-13-6-2-1-3-7-13/h1-9H,10-12,17H2,(H,18,19). The normalized spacial score (nSPS) is 9.95. The van der Waals surface area contributed by atoms with Gasteiger partial charge in [0.15, 0.2) is 6.61 Å². The molecule has 2 rings (SSSR count). The van der Waals surface area contributed by atoms with Crippen LogP contribution in [0, 0.1) is 0 Å². The Balaban J connectivity index is 1.90. The highest BCUT2D eigenvalue weighted by Gasteiger charge is 2.08. The summed E-state index contributed by atoms with van der Waals surface area (Å²) in [6.07, 6.45) is 0. The van der Waals surface area contributed by atoms with Crippen molar-refractivity contribution in [2.45, 2.75) is 0 Å². The number of nitrogens with two attached hydrogens (primary N) is 1. The molecule has 0 heterocycles. The molecule has 0 radical (unpaired) electrons. The van der Waals surface area contributed by atoms with Crippen molar-refractivity contribution in [2.24, 2.45) is 5.73 Å². The van der Waals surface area contributed by atoms with Crippen molar-refractivity contribution in [1.29, 1.82) is 0 Å². The molecule has 5 heteroatoms. The second-order valence-corrected chi connectivity index (χ2v) is 4.28. The molecule has 1 amide bonds. The van der Waals surface area contributed by atoms with E-state index in [0.717, 1.165) is 0 Å². The maximum absolute atomic E-state index is 11.9. The number of para-hydroxylation sites is 3. The van der Waals surface area contributed by atoms with E-state index in [4.69, 9.17) is 15.2 Å². The van der Waals surface area contributed by atoms with Crippen LogP contribution in [0.5, 0.6) is 11.5 Å². The van der Waals surface area contributed by atoms with Crippen molar-refractivity contribution in [3.8, 4) is 11.5 Å². The molecule has 0 bridgehead atoms. The summed E-state index contributed by atoms with van der Waals surface area (Å²) in [6.45, 7) is 0.752. The summed E-state index contributed by atoms with van der Waals surface area (Å²) < 4.78 is 10.9. The van der Waals surface area contributed by atoms with E-state index in [0.29, 0.717) is 30.3 Å². The number of rotatable bonds is 7. The first-order valence-corrected chi connectivity index (χ1v) is 6.69. The third-order valence-corrected chi connectivity index (χ3v) is 2.65. The molecule has 0 spiro atoms. The fourth-order valence-electron chi connectivity index (χ4n) is 1.72. The molecule has 0 aliphatic rings. The molecule has 5 nitrogen and oxygen atoms in total. The molecule has 0 fully saturated rings. The van der Waals surface area contributed by atoms with Gasteiger partial charge in [-0.3, -0.25) is 4.79 Å². The Morgan fingerprint density at radius 2 is 1.71 bits per heavy atom. The second-order valence-electron chi connectivity index (χ2n) is 4.28. The van der Waals surface area contributed by atoms with Gasteiger partial charge in [-0.15, -0.1) is 0 Å². The Kier molecular flexibility index (Phi) is 5.60. The highest BCUT2D eigenvalue weighted by atomic mass is 16.5. The number of hydrogen-bond acceptors (Lipinski definition) is 4. The number of hydrogen-bond donors (Lipinski definition) is 2. The SMILES string of the molecule is NCCOc1ccccc1NC(=O)COc1ccccc1. The summed E-state index contributed by atoms with van der Waals surface area (Å²) in [5, 5.41) is 2.76. The molecule has 21 heavy (non-hydrogen) atoms. The van der Waals surface area contributed by atoms with Crippen LogP contribution in [0.25, 0.3) is 0 Å². The molecule has 0 unspecified atom stereocenters. The topological polar surface area (TPSA) is 73.6 Å². The van der Waals surface area contributed by atoms with Gasteiger partial charge in [0.2, 0.25) is 0 Å². The van der Waals surface area contributed by atoms with Gasteiger partial charge < -0.3 is 20.5 Å². The summed E-state index contributed by atoms with van der Waals surface area (Å²) in [6, 6.07) is 16.4.